The number of hydrogen-bond acceptors (Lipinski definition) is 4. The topological polar surface area (TPSA) is 97.0 Å². The fourth-order valence-electron chi connectivity index (χ4n) is 2.71. The number of anilines is 1. The van der Waals surface area contributed by atoms with E-state index >= 15 is 0 Å². The molecular formula is C15H21N4O4+. The molecule has 8 nitrogen and oxygen atoms in total. The van der Waals surface area contributed by atoms with Crippen molar-refractivity contribution in [2.45, 2.75) is 19.9 Å². The van der Waals surface area contributed by atoms with Gasteiger partial charge in [-0.1, -0.05) is 12.1 Å². The second-order valence-electron chi connectivity index (χ2n) is 5.65. The number of nitrogens with one attached hydrogen (secondary N) is 2. The van der Waals surface area contributed by atoms with Crippen LogP contribution in [0.15, 0.2) is 24.3 Å². The summed E-state index contributed by atoms with van der Waals surface area (Å²) in [5.41, 5.74) is 0.0839. The van der Waals surface area contributed by atoms with Gasteiger partial charge in [-0.05, 0) is 13.0 Å². The van der Waals surface area contributed by atoms with Gasteiger partial charge in [-0.15, -0.1) is 0 Å². The second kappa shape index (κ2) is 7.19. The quantitative estimate of drug-likeness (QED) is 0.586. The van der Waals surface area contributed by atoms with E-state index in [1.54, 1.807) is 24.0 Å². The van der Waals surface area contributed by atoms with Crippen molar-refractivity contribution >= 4 is 23.2 Å². The van der Waals surface area contributed by atoms with Gasteiger partial charge in [-0.3, -0.25) is 19.7 Å². The highest BCUT2D eigenvalue weighted by molar-refractivity contribution is 5.95. The predicted molar refractivity (Wildman–Crippen MR) is 84.1 cm³/mol. The summed E-state index contributed by atoms with van der Waals surface area (Å²) < 4.78 is 0. The van der Waals surface area contributed by atoms with E-state index in [0.717, 1.165) is 4.90 Å². The third-order valence-corrected chi connectivity index (χ3v) is 4.22. The molecule has 2 amide bonds. The van der Waals surface area contributed by atoms with Gasteiger partial charge in [0.15, 0.2) is 6.04 Å². The van der Waals surface area contributed by atoms with Crippen molar-refractivity contribution in [3.05, 3.63) is 34.4 Å². The second-order valence-corrected chi connectivity index (χ2v) is 5.65. The van der Waals surface area contributed by atoms with Gasteiger partial charge in [0.25, 0.3) is 11.6 Å². The van der Waals surface area contributed by atoms with Gasteiger partial charge < -0.3 is 15.1 Å². The summed E-state index contributed by atoms with van der Waals surface area (Å²) in [6.45, 7) is 5.94. The van der Waals surface area contributed by atoms with Crippen molar-refractivity contribution in [3.8, 4) is 0 Å². The highest BCUT2D eigenvalue weighted by atomic mass is 16.6. The molecule has 0 spiro atoms. The maximum absolute atomic E-state index is 12.4. The van der Waals surface area contributed by atoms with Gasteiger partial charge in [0.05, 0.1) is 31.1 Å². The predicted octanol–water partition coefficient (Wildman–Crippen LogP) is -0.331. The Morgan fingerprint density at radius 2 is 1.91 bits per heavy atom. The molecule has 0 aliphatic carbocycles. The van der Waals surface area contributed by atoms with Gasteiger partial charge >= 0.3 is 0 Å². The number of amides is 2. The first kappa shape index (κ1) is 16.9. The van der Waals surface area contributed by atoms with E-state index in [2.05, 4.69) is 5.32 Å². The van der Waals surface area contributed by atoms with E-state index in [1.165, 1.54) is 19.1 Å². The summed E-state index contributed by atoms with van der Waals surface area (Å²) >= 11 is 0. The monoisotopic (exact) mass is 321 g/mol. The molecule has 124 valence electrons. The minimum Gasteiger partial charge on any atom is -0.332 e. The molecule has 8 heteroatoms. The van der Waals surface area contributed by atoms with Gasteiger partial charge in [0, 0.05) is 13.0 Å². The summed E-state index contributed by atoms with van der Waals surface area (Å²) in [5.74, 6) is -0.216. The molecule has 1 aromatic rings. The molecule has 0 radical (unpaired) electrons. The number of quaternary nitrogens is 1. The van der Waals surface area contributed by atoms with Crippen LogP contribution in [0.5, 0.6) is 0 Å². The van der Waals surface area contributed by atoms with Crippen LogP contribution in [-0.2, 0) is 9.59 Å². The lowest BCUT2D eigenvalue weighted by Gasteiger charge is -2.34. The third-order valence-electron chi connectivity index (χ3n) is 4.22. The number of carbonyl (C=O) groups is 2. The first-order valence-electron chi connectivity index (χ1n) is 7.54. The molecule has 0 bridgehead atoms. The minimum absolute atomic E-state index is 0.0427. The van der Waals surface area contributed by atoms with E-state index in [0.29, 0.717) is 26.2 Å². The zero-order chi connectivity index (χ0) is 17.0. The molecule has 1 heterocycles. The van der Waals surface area contributed by atoms with Crippen molar-refractivity contribution < 1.29 is 19.4 Å². The normalized spacial score (nSPS) is 16.7. The molecular weight excluding hydrogens is 300 g/mol. The van der Waals surface area contributed by atoms with E-state index in [-0.39, 0.29) is 29.2 Å². The van der Waals surface area contributed by atoms with Crippen molar-refractivity contribution in [1.29, 1.82) is 0 Å². The van der Waals surface area contributed by atoms with E-state index in [1.807, 2.05) is 0 Å². The Balaban J connectivity index is 1.99. The van der Waals surface area contributed by atoms with Crippen LogP contribution in [0.25, 0.3) is 0 Å². The molecule has 2 N–H and O–H groups in total. The van der Waals surface area contributed by atoms with Crippen LogP contribution in [0.2, 0.25) is 0 Å². The fourth-order valence-corrected chi connectivity index (χ4v) is 2.71. The minimum atomic E-state index is -0.515. The number of carbonyl (C=O) groups excluding carboxylic acids is 2. The summed E-state index contributed by atoms with van der Waals surface area (Å²) in [6.07, 6.45) is 0. The molecule has 1 aliphatic heterocycles. The third kappa shape index (κ3) is 4.04. The Morgan fingerprint density at radius 3 is 2.48 bits per heavy atom. The van der Waals surface area contributed by atoms with Crippen LogP contribution in [-0.4, -0.2) is 53.9 Å². The van der Waals surface area contributed by atoms with Crippen LogP contribution in [0, 0.1) is 10.1 Å². The largest absolute Gasteiger partial charge is 0.332 e. The van der Waals surface area contributed by atoms with Crippen molar-refractivity contribution in [1.82, 2.24) is 4.90 Å². The van der Waals surface area contributed by atoms with Crippen LogP contribution in [0.1, 0.15) is 13.8 Å². The SMILES string of the molecule is CC(=O)N1CC[NH+]([C@H](C)C(=O)Nc2ccccc2[N+](=O)[O-])CC1. The summed E-state index contributed by atoms with van der Waals surface area (Å²) in [6, 6.07) is 5.74. The number of hydrogen-bond donors (Lipinski definition) is 2. The lowest BCUT2D eigenvalue weighted by Crippen LogP contribution is -3.19. The zero-order valence-electron chi connectivity index (χ0n) is 13.2. The number of nitro benzene ring substituents is 1. The average Bonchev–Trinajstić information content (AvgIpc) is 2.54. The molecule has 1 aromatic carbocycles. The molecule has 1 saturated heterocycles. The van der Waals surface area contributed by atoms with Crippen molar-refractivity contribution in [2.24, 2.45) is 0 Å². The fraction of sp³-hybridized carbons (Fsp3) is 0.467. The summed E-state index contributed by atoms with van der Waals surface area (Å²) in [7, 11) is 0. The van der Waals surface area contributed by atoms with Crippen LogP contribution in [0.4, 0.5) is 11.4 Å². The smallest absolute Gasteiger partial charge is 0.292 e. The molecule has 23 heavy (non-hydrogen) atoms. The summed E-state index contributed by atoms with van der Waals surface area (Å²) in [5, 5.41) is 13.6. The molecule has 2 rings (SSSR count). The lowest BCUT2D eigenvalue weighted by molar-refractivity contribution is -0.917. The Labute approximate surface area is 134 Å². The Morgan fingerprint density at radius 1 is 1.30 bits per heavy atom. The number of piperazine rings is 1. The molecule has 0 saturated carbocycles. The number of nitro groups is 1. The Bertz CT molecular complexity index is 611. The molecule has 0 unspecified atom stereocenters. The molecule has 1 aliphatic rings. The molecule has 1 fully saturated rings. The maximum Gasteiger partial charge on any atom is 0.292 e. The number of para-hydroxylation sites is 2. The van der Waals surface area contributed by atoms with Gasteiger partial charge in [0.2, 0.25) is 5.91 Å². The number of benzene rings is 1. The van der Waals surface area contributed by atoms with E-state index in [4.69, 9.17) is 0 Å². The van der Waals surface area contributed by atoms with Crippen molar-refractivity contribution in [3.63, 3.8) is 0 Å². The summed E-state index contributed by atoms with van der Waals surface area (Å²) in [4.78, 5) is 37.0. The van der Waals surface area contributed by atoms with E-state index < -0.39 is 4.92 Å². The standard InChI is InChI=1S/C15H20N4O4/c1-11(17-7-9-18(10-8-17)12(2)20)15(21)16-13-5-3-4-6-14(13)19(22)23/h3-6,11H,7-10H2,1-2H3,(H,16,21)/p+1/t11-/m1/s1. The van der Waals surface area contributed by atoms with Crippen LogP contribution >= 0.6 is 0 Å². The Hall–Kier alpha value is -2.48. The highest BCUT2D eigenvalue weighted by Crippen LogP contribution is 2.23. The van der Waals surface area contributed by atoms with Gasteiger partial charge in [-0.2, -0.15) is 0 Å². The Kier molecular flexibility index (Phi) is 5.28. The lowest BCUT2D eigenvalue weighted by atomic mass is 10.2. The van der Waals surface area contributed by atoms with Gasteiger partial charge in [0.1, 0.15) is 5.69 Å². The highest BCUT2D eigenvalue weighted by Gasteiger charge is 2.30. The van der Waals surface area contributed by atoms with E-state index in [9.17, 15) is 19.7 Å². The molecule has 0 aromatic heterocycles. The van der Waals surface area contributed by atoms with Crippen LogP contribution < -0.4 is 10.2 Å². The average molecular weight is 321 g/mol. The zero-order valence-corrected chi connectivity index (χ0v) is 13.2. The number of rotatable bonds is 4. The van der Waals surface area contributed by atoms with Crippen LogP contribution in [0.3, 0.4) is 0 Å². The maximum atomic E-state index is 12.4. The molecule has 1 atom stereocenters. The first-order valence-corrected chi connectivity index (χ1v) is 7.54. The van der Waals surface area contributed by atoms with Gasteiger partial charge in [-0.25, -0.2) is 0 Å². The van der Waals surface area contributed by atoms with Crippen molar-refractivity contribution in [2.75, 3.05) is 31.5 Å². The number of nitrogens with zero attached hydrogens (tertiary/aromatic N) is 2. The first-order chi connectivity index (χ1) is 10.9.